The maximum Gasteiger partial charge on any atom is 0.241 e. The van der Waals surface area contributed by atoms with Gasteiger partial charge in [-0.25, -0.2) is 0 Å². The van der Waals surface area contributed by atoms with Gasteiger partial charge in [0.15, 0.2) is 0 Å². The van der Waals surface area contributed by atoms with E-state index in [0.29, 0.717) is 5.13 Å². The zero-order chi connectivity index (χ0) is 9.84. The predicted molar refractivity (Wildman–Crippen MR) is 51.5 cm³/mol. The molecule has 7 heteroatoms. The molecule has 1 aromatic heterocycles. The van der Waals surface area contributed by atoms with Gasteiger partial charge in [0.1, 0.15) is 0 Å². The summed E-state index contributed by atoms with van der Waals surface area (Å²) < 4.78 is 3.76. The molecule has 1 amide bonds. The Balaban J connectivity index is 2.39. The van der Waals surface area contributed by atoms with Crippen molar-refractivity contribution in [2.24, 2.45) is 0 Å². The van der Waals surface area contributed by atoms with Crippen molar-refractivity contribution in [2.75, 3.05) is 31.7 Å². The van der Waals surface area contributed by atoms with E-state index in [9.17, 15) is 4.79 Å². The summed E-state index contributed by atoms with van der Waals surface area (Å²) in [6.07, 6.45) is 0. The van der Waals surface area contributed by atoms with E-state index in [4.69, 9.17) is 5.73 Å². The molecule has 0 bridgehead atoms. The highest BCUT2D eigenvalue weighted by molar-refractivity contribution is 7.09. The Morgan fingerprint density at radius 2 is 2.38 bits per heavy atom. The number of nitrogens with two attached hydrogens (primary N) is 1. The number of likely N-dealkylation sites (N-methyl/N-ethyl adjacent to an activating group) is 1. The number of aromatic nitrogens is 2. The molecule has 3 N–H and O–H groups in total. The lowest BCUT2D eigenvalue weighted by Crippen LogP contribution is -2.28. The molecule has 0 saturated heterocycles. The largest absolute Gasteiger partial charge is 0.367 e. The van der Waals surface area contributed by atoms with Crippen LogP contribution in [0.4, 0.5) is 11.1 Å². The number of carbonyl (C=O) groups excluding carboxylic acids is 1. The Labute approximate surface area is 79.9 Å². The van der Waals surface area contributed by atoms with Crippen molar-refractivity contribution >= 4 is 28.5 Å². The van der Waals surface area contributed by atoms with Gasteiger partial charge in [-0.2, -0.15) is 9.36 Å². The van der Waals surface area contributed by atoms with Crippen molar-refractivity contribution in [1.82, 2.24) is 14.3 Å². The highest BCUT2D eigenvalue weighted by Gasteiger charge is 2.05. The Morgan fingerprint density at radius 1 is 1.69 bits per heavy atom. The molecule has 0 radical (unpaired) electrons. The monoisotopic (exact) mass is 201 g/mol. The summed E-state index contributed by atoms with van der Waals surface area (Å²) in [5, 5.41) is 3.38. The van der Waals surface area contributed by atoms with Crippen molar-refractivity contribution < 1.29 is 4.79 Å². The van der Waals surface area contributed by atoms with Gasteiger partial charge in [-0.3, -0.25) is 4.79 Å². The van der Waals surface area contributed by atoms with Crippen molar-refractivity contribution in [3.8, 4) is 0 Å². The molecule has 0 aromatic carbocycles. The number of rotatable bonds is 3. The van der Waals surface area contributed by atoms with Crippen LogP contribution in [-0.2, 0) is 4.79 Å². The molecule has 6 nitrogen and oxygen atoms in total. The van der Waals surface area contributed by atoms with Crippen molar-refractivity contribution in [1.29, 1.82) is 0 Å². The molecular formula is C6H11N5OS. The van der Waals surface area contributed by atoms with Gasteiger partial charge in [-0.1, -0.05) is 0 Å². The zero-order valence-corrected chi connectivity index (χ0v) is 8.26. The fourth-order valence-corrected chi connectivity index (χ4v) is 1.11. The molecule has 72 valence electrons. The lowest BCUT2D eigenvalue weighted by molar-refractivity contribution is -0.126. The summed E-state index contributed by atoms with van der Waals surface area (Å²) >= 11 is 1.14. The molecular weight excluding hydrogens is 190 g/mol. The van der Waals surface area contributed by atoms with Gasteiger partial charge in [-0.05, 0) is 0 Å². The fourth-order valence-electron chi connectivity index (χ4n) is 0.616. The summed E-state index contributed by atoms with van der Waals surface area (Å²) in [6, 6.07) is 0. The fraction of sp³-hybridized carbons (Fsp3) is 0.500. The van der Waals surface area contributed by atoms with Gasteiger partial charge in [0.25, 0.3) is 0 Å². The normalized spacial score (nSPS) is 9.69. The van der Waals surface area contributed by atoms with E-state index in [1.165, 1.54) is 4.90 Å². The lowest BCUT2D eigenvalue weighted by Gasteiger charge is -2.09. The van der Waals surface area contributed by atoms with Gasteiger partial charge < -0.3 is 16.0 Å². The van der Waals surface area contributed by atoms with Gasteiger partial charge >= 0.3 is 0 Å². The number of amides is 1. The number of hydrogen-bond donors (Lipinski definition) is 2. The van der Waals surface area contributed by atoms with Crippen molar-refractivity contribution in [3.63, 3.8) is 0 Å². The number of nitrogens with zero attached hydrogens (tertiary/aromatic N) is 3. The molecule has 0 spiro atoms. The molecule has 1 heterocycles. The summed E-state index contributed by atoms with van der Waals surface area (Å²) in [6.45, 7) is 0.210. The predicted octanol–water partition coefficient (Wildman–Crippen LogP) is -0.380. The first-order valence-corrected chi connectivity index (χ1v) is 4.40. The second kappa shape index (κ2) is 4.04. The molecule has 0 unspecified atom stereocenters. The van der Waals surface area contributed by atoms with E-state index < -0.39 is 0 Å². The summed E-state index contributed by atoms with van der Waals surface area (Å²) in [5.74, 6) is 0.207. The maximum absolute atomic E-state index is 11.1. The molecule has 1 rings (SSSR count). The SMILES string of the molecule is CN(C)C(=O)CNc1nc(N)ns1. The minimum Gasteiger partial charge on any atom is -0.367 e. The molecule has 0 fully saturated rings. The third-order valence-corrected chi connectivity index (χ3v) is 2.02. The molecule has 0 saturated carbocycles. The second-order valence-corrected chi connectivity index (χ2v) is 3.35. The van der Waals surface area contributed by atoms with Crippen LogP contribution in [0, 0.1) is 0 Å². The van der Waals surface area contributed by atoms with Crippen molar-refractivity contribution in [2.45, 2.75) is 0 Å². The minimum atomic E-state index is -0.0197. The first-order valence-electron chi connectivity index (χ1n) is 3.63. The highest BCUT2D eigenvalue weighted by Crippen LogP contribution is 2.10. The summed E-state index contributed by atoms with van der Waals surface area (Å²) in [4.78, 5) is 16.5. The lowest BCUT2D eigenvalue weighted by atomic mass is 10.5. The van der Waals surface area contributed by atoms with Gasteiger partial charge in [0.2, 0.25) is 17.0 Å². The highest BCUT2D eigenvalue weighted by atomic mass is 32.1. The van der Waals surface area contributed by atoms with Gasteiger partial charge in [0, 0.05) is 25.6 Å². The Bertz CT molecular complexity index is 297. The Hall–Kier alpha value is -1.37. The summed E-state index contributed by atoms with van der Waals surface area (Å²) in [7, 11) is 3.39. The number of hydrogen-bond acceptors (Lipinski definition) is 6. The Kier molecular flexibility index (Phi) is 3.02. The molecule has 1 aromatic rings. The number of nitrogen functional groups attached to an aromatic ring is 1. The van der Waals surface area contributed by atoms with Crippen LogP contribution < -0.4 is 11.1 Å². The maximum atomic E-state index is 11.1. The summed E-state index contributed by atoms with van der Waals surface area (Å²) in [5.41, 5.74) is 5.30. The molecule has 0 atom stereocenters. The number of carbonyl (C=O) groups is 1. The van der Waals surface area contributed by atoms with E-state index >= 15 is 0 Å². The van der Waals surface area contributed by atoms with Crippen LogP contribution in [-0.4, -0.2) is 40.8 Å². The standard InChI is InChI=1S/C6H11N5OS/c1-11(2)4(12)3-8-6-9-5(7)10-13-6/h3H2,1-2H3,(H3,7,8,9,10). The zero-order valence-electron chi connectivity index (χ0n) is 7.44. The average molecular weight is 201 g/mol. The minimum absolute atomic E-state index is 0.0197. The first kappa shape index (κ1) is 9.72. The van der Waals surface area contributed by atoms with Crippen molar-refractivity contribution in [3.05, 3.63) is 0 Å². The number of anilines is 2. The van der Waals surface area contributed by atoms with E-state index in [-0.39, 0.29) is 18.4 Å². The molecule has 0 aliphatic carbocycles. The van der Waals surface area contributed by atoms with Crippen LogP contribution >= 0.6 is 11.5 Å². The van der Waals surface area contributed by atoms with E-state index in [1.54, 1.807) is 14.1 Å². The number of nitrogens with one attached hydrogen (secondary N) is 1. The average Bonchev–Trinajstić information content (AvgIpc) is 2.47. The smallest absolute Gasteiger partial charge is 0.241 e. The second-order valence-electron chi connectivity index (χ2n) is 2.60. The molecule has 0 aliphatic heterocycles. The van der Waals surface area contributed by atoms with E-state index in [2.05, 4.69) is 14.7 Å². The van der Waals surface area contributed by atoms with Crippen LogP contribution in [0.1, 0.15) is 0 Å². The van der Waals surface area contributed by atoms with E-state index in [0.717, 1.165) is 11.5 Å². The Morgan fingerprint density at radius 3 is 2.85 bits per heavy atom. The van der Waals surface area contributed by atoms with Gasteiger partial charge in [0.05, 0.1) is 6.54 Å². The molecule has 0 aliphatic rings. The first-order chi connectivity index (χ1) is 6.09. The van der Waals surface area contributed by atoms with Crippen LogP contribution in [0.25, 0.3) is 0 Å². The third kappa shape index (κ3) is 2.86. The van der Waals surface area contributed by atoms with Crippen LogP contribution in [0.3, 0.4) is 0 Å². The van der Waals surface area contributed by atoms with E-state index in [1.807, 2.05) is 0 Å². The van der Waals surface area contributed by atoms with Crippen LogP contribution in [0.2, 0.25) is 0 Å². The van der Waals surface area contributed by atoms with Crippen LogP contribution in [0.15, 0.2) is 0 Å². The topological polar surface area (TPSA) is 84.1 Å². The molecule has 13 heavy (non-hydrogen) atoms. The van der Waals surface area contributed by atoms with Crippen LogP contribution in [0.5, 0.6) is 0 Å². The third-order valence-electron chi connectivity index (χ3n) is 1.33. The van der Waals surface area contributed by atoms with Gasteiger partial charge in [-0.15, -0.1) is 0 Å². The quantitative estimate of drug-likeness (QED) is 0.696.